The van der Waals surface area contributed by atoms with Crippen molar-refractivity contribution in [2.75, 3.05) is 26.9 Å². The van der Waals surface area contributed by atoms with Crippen molar-refractivity contribution in [1.29, 1.82) is 0 Å². The van der Waals surface area contributed by atoms with E-state index in [1.54, 1.807) is 63.2 Å². The molecule has 0 radical (unpaired) electrons. The first-order valence-electron chi connectivity index (χ1n) is 13.2. The van der Waals surface area contributed by atoms with Crippen LogP contribution in [-0.2, 0) is 23.9 Å². The Balaban J connectivity index is 1.87. The molecule has 4 rings (SSSR count). The first-order valence-corrected chi connectivity index (χ1v) is 14.8. The molecule has 1 aliphatic rings. The van der Waals surface area contributed by atoms with Crippen LogP contribution in [0.5, 0.6) is 17.2 Å². The molecule has 0 spiro atoms. The Hall–Kier alpha value is -4.23. The predicted octanol–water partition coefficient (Wildman–Crippen LogP) is 3.44. The van der Waals surface area contributed by atoms with E-state index >= 15 is 0 Å². The van der Waals surface area contributed by atoms with Crippen LogP contribution >= 0.6 is 27.3 Å². The monoisotopic (exact) mass is 672 g/mol. The lowest BCUT2D eigenvalue weighted by atomic mass is 9.95. The Labute approximate surface area is 259 Å². The standard InChI is InChI=1S/C30H29BrN2O9S/c1-6-39-23-14-19(9-11-22(23)41-15-25(35)38-5)27-26(29(37)40-7-2)16(3)32-30-33(27)28(36)24(43-30)13-18-8-10-21(20(31)12-18)42-17(4)34/h8-14,27H,6-7,15H2,1-5H3/b24-13+/t27-/m1/s1. The molecule has 0 saturated carbocycles. The molecule has 0 N–H and O–H groups in total. The number of ether oxygens (including phenoxy) is 5. The minimum absolute atomic E-state index is 0.134. The Kier molecular flexibility index (Phi) is 10.2. The first kappa shape index (κ1) is 31.7. The van der Waals surface area contributed by atoms with Gasteiger partial charge in [-0.25, -0.2) is 14.6 Å². The number of carbonyl (C=O) groups is 3. The Morgan fingerprint density at radius 2 is 1.79 bits per heavy atom. The van der Waals surface area contributed by atoms with Crippen molar-refractivity contribution in [2.45, 2.75) is 33.7 Å². The fraction of sp³-hybridized carbons (Fsp3) is 0.300. The number of hydrogen-bond acceptors (Lipinski definition) is 11. The molecular weight excluding hydrogens is 644 g/mol. The van der Waals surface area contributed by atoms with Crippen LogP contribution < -0.4 is 29.1 Å². The number of methoxy groups -OCH3 is 1. The van der Waals surface area contributed by atoms with E-state index in [2.05, 4.69) is 25.7 Å². The van der Waals surface area contributed by atoms with Crippen LogP contribution in [0.15, 0.2) is 61.9 Å². The topological polar surface area (TPSA) is 132 Å². The number of thiazole rings is 1. The Morgan fingerprint density at radius 1 is 1.05 bits per heavy atom. The van der Waals surface area contributed by atoms with Gasteiger partial charge in [0.25, 0.3) is 5.56 Å². The number of fused-ring (bicyclic) bond motifs is 1. The van der Waals surface area contributed by atoms with Gasteiger partial charge in [0.15, 0.2) is 22.9 Å². The summed E-state index contributed by atoms with van der Waals surface area (Å²) in [7, 11) is 1.26. The molecule has 0 fully saturated rings. The third-order valence-corrected chi connectivity index (χ3v) is 7.78. The van der Waals surface area contributed by atoms with Gasteiger partial charge in [0.1, 0.15) is 5.75 Å². The molecule has 0 amide bonds. The summed E-state index contributed by atoms with van der Waals surface area (Å²) in [4.78, 5) is 55.2. The van der Waals surface area contributed by atoms with E-state index < -0.39 is 23.9 Å². The normalized spacial score (nSPS) is 14.5. The number of benzene rings is 2. The average molecular weight is 674 g/mol. The maximum atomic E-state index is 13.9. The molecule has 2 heterocycles. The summed E-state index contributed by atoms with van der Waals surface area (Å²) in [5, 5.41) is 0. The number of nitrogens with zero attached hydrogens (tertiary/aromatic N) is 2. The lowest BCUT2D eigenvalue weighted by molar-refractivity contribution is -0.143. The van der Waals surface area contributed by atoms with Gasteiger partial charge >= 0.3 is 17.9 Å². The first-order chi connectivity index (χ1) is 20.6. The van der Waals surface area contributed by atoms with Crippen molar-refractivity contribution in [3.05, 3.63) is 83.0 Å². The van der Waals surface area contributed by atoms with Crippen molar-refractivity contribution in [1.82, 2.24) is 4.57 Å². The molecule has 0 saturated heterocycles. The maximum absolute atomic E-state index is 13.9. The molecule has 0 unspecified atom stereocenters. The van der Waals surface area contributed by atoms with E-state index in [4.69, 9.17) is 18.9 Å². The van der Waals surface area contributed by atoms with Gasteiger partial charge < -0.3 is 23.7 Å². The Bertz CT molecular complexity index is 1790. The van der Waals surface area contributed by atoms with Crippen LogP contribution in [0.2, 0.25) is 0 Å². The van der Waals surface area contributed by atoms with E-state index in [1.165, 1.54) is 29.9 Å². The SMILES string of the molecule is CCOC(=O)C1=C(C)N=c2s/c(=C/c3ccc(OC(C)=O)c(Br)c3)c(=O)n2[C@@H]1c1ccc(OCC(=O)OC)c(OCC)c1. The highest BCUT2D eigenvalue weighted by Crippen LogP contribution is 2.36. The summed E-state index contributed by atoms with van der Waals surface area (Å²) in [6.07, 6.45) is 1.70. The van der Waals surface area contributed by atoms with E-state index in [1.807, 2.05) is 0 Å². The van der Waals surface area contributed by atoms with E-state index in [0.717, 1.165) is 0 Å². The molecular formula is C30H29BrN2O9S. The highest BCUT2D eigenvalue weighted by atomic mass is 79.9. The molecule has 11 nitrogen and oxygen atoms in total. The predicted molar refractivity (Wildman–Crippen MR) is 161 cm³/mol. The van der Waals surface area contributed by atoms with Crippen LogP contribution in [0.3, 0.4) is 0 Å². The van der Waals surface area contributed by atoms with Crippen molar-refractivity contribution in [3.8, 4) is 17.2 Å². The van der Waals surface area contributed by atoms with Gasteiger partial charge in [-0.2, -0.15) is 0 Å². The second-order valence-corrected chi connectivity index (χ2v) is 11.0. The van der Waals surface area contributed by atoms with Crippen LogP contribution in [-0.4, -0.2) is 49.4 Å². The van der Waals surface area contributed by atoms with Gasteiger partial charge in [0.2, 0.25) is 0 Å². The molecule has 1 aromatic heterocycles. The highest BCUT2D eigenvalue weighted by molar-refractivity contribution is 9.10. The molecule has 13 heteroatoms. The number of hydrogen-bond donors (Lipinski definition) is 0. The lowest BCUT2D eigenvalue weighted by Gasteiger charge is -2.25. The zero-order valence-electron chi connectivity index (χ0n) is 24.1. The molecule has 1 atom stereocenters. The maximum Gasteiger partial charge on any atom is 0.343 e. The molecule has 43 heavy (non-hydrogen) atoms. The van der Waals surface area contributed by atoms with Crippen LogP contribution in [0.4, 0.5) is 0 Å². The zero-order chi connectivity index (χ0) is 31.3. The highest BCUT2D eigenvalue weighted by Gasteiger charge is 2.34. The van der Waals surface area contributed by atoms with Gasteiger partial charge in [-0.3, -0.25) is 14.2 Å². The van der Waals surface area contributed by atoms with E-state index in [0.29, 0.717) is 54.5 Å². The molecule has 0 bridgehead atoms. The number of esters is 3. The van der Waals surface area contributed by atoms with Crippen LogP contribution in [0, 0.1) is 0 Å². The van der Waals surface area contributed by atoms with Gasteiger partial charge in [-0.05, 0) is 78.2 Å². The van der Waals surface area contributed by atoms with E-state index in [-0.39, 0.29) is 24.3 Å². The number of halogens is 1. The fourth-order valence-electron chi connectivity index (χ4n) is 4.38. The summed E-state index contributed by atoms with van der Waals surface area (Å²) in [6, 6.07) is 9.16. The second kappa shape index (κ2) is 13.8. The summed E-state index contributed by atoms with van der Waals surface area (Å²) in [6.45, 7) is 6.61. The zero-order valence-corrected chi connectivity index (χ0v) is 26.5. The van der Waals surface area contributed by atoms with Gasteiger partial charge in [0.05, 0.1) is 46.6 Å². The number of rotatable bonds is 10. The molecule has 3 aromatic rings. The fourth-order valence-corrected chi connectivity index (χ4v) is 5.90. The third kappa shape index (κ3) is 7.05. The largest absolute Gasteiger partial charge is 0.490 e. The third-order valence-electron chi connectivity index (χ3n) is 6.18. The summed E-state index contributed by atoms with van der Waals surface area (Å²) >= 11 is 4.57. The number of allylic oxidation sites excluding steroid dienone is 1. The Morgan fingerprint density at radius 3 is 2.44 bits per heavy atom. The van der Waals surface area contributed by atoms with Crippen LogP contribution in [0.1, 0.15) is 44.9 Å². The molecule has 1 aliphatic heterocycles. The lowest BCUT2D eigenvalue weighted by Crippen LogP contribution is -2.40. The quantitative estimate of drug-likeness (QED) is 0.235. The van der Waals surface area contributed by atoms with Gasteiger partial charge in [-0.15, -0.1) is 0 Å². The minimum Gasteiger partial charge on any atom is -0.490 e. The number of aromatic nitrogens is 1. The molecule has 0 aliphatic carbocycles. The molecule has 2 aromatic carbocycles. The van der Waals surface area contributed by atoms with Gasteiger partial charge in [-0.1, -0.05) is 23.5 Å². The van der Waals surface area contributed by atoms with Crippen LogP contribution in [0.25, 0.3) is 6.08 Å². The average Bonchev–Trinajstić information content (AvgIpc) is 3.26. The van der Waals surface area contributed by atoms with Crippen molar-refractivity contribution in [2.24, 2.45) is 4.99 Å². The van der Waals surface area contributed by atoms with Crippen molar-refractivity contribution < 1.29 is 38.1 Å². The van der Waals surface area contributed by atoms with E-state index in [9.17, 15) is 19.2 Å². The second-order valence-electron chi connectivity index (χ2n) is 9.09. The minimum atomic E-state index is -0.885. The number of carbonyl (C=O) groups excluding carboxylic acids is 3. The summed E-state index contributed by atoms with van der Waals surface area (Å²) in [5.74, 6) is -0.645. The van der Waals surface area contributed by atoms with Crippen molar-refractivity contribution in [3.63, 3.8) is 0 Å². The summed E-state index contributed by atoms with van der Waals surface area (Å²) in [5.41, 5.74) is 1.48. The van der Waals surface area contributed by atoms with Gasteiger partial charge in [0, 0.05) is 6.92 Å². The van der Waals surface area contributed by atoms with Crippen molar-refractivity contribution >= 4 is 51.3 Å². The molecule has 226 valence electrons. The summed E-state index contributed by atoms with van der Waals surface area (Å²) < 4.78 is 28.9. The smallest absolute Gasteiger partial charge is 0.343 e.